The lowest BCUT2D eigenvalue weighted by molar-refractivity contribution is 0.0852. The highest BCUT2D eigenvalue weighted by Crippen LogP contribution is 2.17. The third-order valence-electron chi connectivity index (χ3n) is 2.85. The zero-order chi connectivity index (χ0) is 14.2. The van der Waals surface area contributed by atoms with Gasteiger partial charge in [-0.05, 0) is 10.7 Å². The molecule has 0 aromatic heterocycles. The summed E-state index contributed by atoms with van der Waals surface area (Å²) in [4.78, 5) is 14.0. The monoisotopic (exact) mass is 271 g/mol. The molecule has 20 heavy (non-hydrogen) atoms. The van der Waals surface area contributed by atoms with Gasteiger partial charge in [0, 0.05) is 19.4 Å². The topological polar surface area (TPSA) is 45.1 Å². The van der Waals surface area contributed by atoms with E-state index in [2.05, 4.69) is 5.18 Å². The van der Waals surface area contributed by atoms with Gasteiger partial charge in [-0.25, -0.2) is 0 Å². The van der Waals surface area contributed by atoms with Crippen molar-refractivity contribution in [2.45, 2.75) is 0 Å². The molecule has 0 fully saturated rings. The number of hydrogen-bond donors (Lipinski definition) is 0. The summed E-state index contributed by atoms with van der Waals surface area (Å²) in [5, 5.41) is 2.80. The zero-order valence-corrected chi connectivity index (χ0v) is 11.3. The van der Waals surface area contributed by atoms with Gasteiger partial charge in [0.15, 0.2) is 0 Å². The molecule has 2 rings (SSSR count). The van der Waals surface area contributed by atoms with Crippen LogP contribution in [0.1, 0.15) is 5.56 Å². The Bertz CT molecular complexity index is 523. The molecule has 0 spiro atoms. The van der Waals surface area contributed by atoms with Crippen LogP contribution in [0.2, 0.25) is 0 Å². The average molecular weight is 271 g/mol. The maximum absolute atomic E-state index is 10.3. The minimum absolute atomic E-state index is 0.376. The summed E-state index contributed by atoms with van der Waals surface area (Å²) in [6, 6.07) is 10.0. The van der Waals surface area contributed by atoms with Crippen LogP contribution < -0.4 is 0 Å². The lowest BCUT2D eigenvalue weighted by Crippen LogP contribution is -2.22. The van der Waals surface area contributed by atoms with E-state index in [4.69, 9.17) is 4.74 Å². The van der Waals surface area contributed by atoms with Crippen molar-refractivity contribution in [2.75, 3.05) is 20.4 Å². The maximum Gasteiger partial charge on any atom is 0.136 e. The predicted octanol–water partition coefficient (Wildman–Crippen LogP) is 2.96. The molecule has 0 amide bonds. The second-order valence-electron chi connectivity index (χ2n) is 4.28. The van der Waals surface area contributed by atoms with Crippen molar-refractivity contribution in [2.24, 2.45) is 5.18 Å². The molecule has 1 aromatic carbocycles. The first-order chi connectivity index (χ1) is 9.81. The van der Waals surface area contributed by atoms with Gasteiger partial charge in [0.25, 0.3) is 0 Å². The van der Waals surface area contributed by atoms with Gasteiger partial charge in [-0.1, -0.05) is 42.5 Å². The van der Waals surface area contributed by atoms with Crippen molar-refractivity contribution in [3.8, 4) is 0 Å². The van der Waals surface area contributed by atoms with Crippen LogP contribution in [0.4, 0.5) is 0 Å². The molecule has 5 nitrogen and oxygen atoms in total. The van der Waals surface area contributed by atoms with E-state index in [-0.39, 0.29) is 0 Å². The third-order valence-corrected chi connectivity index (χ3v) is 2.85. The molecule has 5 heteroatoms. The Morgan fingerprint density at radius 3 is 2.80 bits per heavy atom. The van der Waals surface area contributed by atoms with Crippen molar-refractivity contribution in [3.05, 3.63) is 71.3 Å². The van der Waals surface area contributed by atoms with Crippen LogP contribution in [-0.4, -0.2) is 30.2 Å². The van der Waals surface area contributed by atoms with Gasteiger partial charge < -0.3 is 14.5 Å². The van der Waals surface area contributed by atoms with Crippen LogP contribution in [0.15, 0.2) is 66.0 Å². The smallest absolute Gasteiger partial charge is 0.136 e. The Hall–Kier alpha value is -2.40. The molecule has 0 radical (unpaired) electrons. The first-order valence-electron chi connectivity index (χ1n) is 6.31. The van der Waals surface area contributed by atoms with E-state index in [9.17, 15) is 4.91 Å². The minimum atomic E-state index is 0.376. The quantitative estimate of drug-likeness (QED) is 0.589. The zero-order valence-electron chi connectivity index (χ0n) is 11.3. The normalized spacial score (nSPS) is 16.6. The van der Waals surface area contributed by atoms with E-state index < -0.39 is 0 Å². The summed E-state index contributed by atoms with van der Waals surface area (Å²) in [6.07, 6.45) is 8.93. The van der Waals surface area contributed by atoms with Gasteiger partial charge in [-0.2, -0.15) is 0 Å². The van der Waals surface area contributed by atoms with E-state index in [0.29, 0.717) is 19.2 Å². The predicted molar refractivity (Wildman–Crippen MR) is 78.9 cm³/mol. The van der Waals surface area contributed by atoms with Gasteiger partial charge in [0.05, 0.1) is 6.61 Å². The third kappa shape index (κ3) is 3.80. The number of rotatable bonds is 6. The largest absolute Gasteiger partial charge is 0.357 e. The summed E-state index contributed by atoms with van der Waals surface area (Å²) < 4.78 is 5.54. The SMILES string of the molecule is CN1C=CN(COC/C=C/c2ccccc2)/C1=C/N=O. The Morgan fingerprint density at radius 1 is 1.25 bits per heavy atom. The Balaban J connectivity index is 1.76. The summed E-state index contributed by atoms with van der Waals surface area (Å²) in [7, 11) is 1.85. The summed E-state index contributed by atoms with van der Waals surface area (Å²) in [5.41, 5.74) is 1.14. The van der Waals surface area contributed by atoms with Gasteiger partial charge in [0.1, 0.15) is 18.8 Å². The Labute approximate surface area is 118 Å². The van der Waals surface area contributed by atoms with Crippen LogP contribution in [0, 0.1) is 4.91 Å². The molecular formula is C15H17N3O2. The van der Waals surface area contributed by atoms with Gasteiger partial charge >= 0.3 is 0 Å². The molecular weight excluding hydrogens is 254 g/mol. The molecule has 104 valence electrons. The van der Waals surface area contributed by atoms with Crippen LogP contribution >= 0.6 is 0 Å². The van der Waals surface area contributed by atoms with Gasteiger partial charge in [0.2, 0.25) is 0 Å². The first kappa shape index (κ1) is 14.0. The highest BCUT2D eigenvalue weighted by Gasteiger charge is 2.16. The molecule has 1 aromatic rings. The molecule has 0 bridgehead atoms. The van der Waals surface area contributed by atoms with E-state index in [1.54, 1.807) is 0 Å². The number of ether oxygens (including phenoxy) is 1. The fourth-order valence-corrected chi connectivity index (χ4v) is 1.82. The molecule has 0 atom stereocenters. The van der Waals surface area contributed by atoms with E-state index in [1.807, 2.05) is 71.7 Å². The summed E-state index contributed by atoms with van der Waals surface area (Å²) >= 11 is 0. The van der Waals surface area contributed by atoms with Crippen molar-refractivity contribution < 1.29 is 4.74 Å². The molecule has 0 unspecified atom stereocenters. The Morgan fingerprint density at radius 2 is 2.05 bits per heavy atom. The highest BCUT2D eigenvalue weighted by atomic mass is 16.5. The van der Waals surface area contributed by atoms with Crippen molar-refractivity contribution >= 4 is 6.08 Å². The molecule has 0 saturated carbocycles. The molecule has 0 saturated heterocycles. The van der Waals surface area contributed by atoms with Crippen molar-refractivity contribution in [1.82, 2.24) is 9.80 Å². The van der Waals surface area contributed by atoms with E-state index in [1.165, 1.54) is 6.20 Å². The first-order valence-corrected chi connectivity index (χ1v) is 6.31. The number of benzene rings is 1. The van der Waals surface area contributed by atoms with E-state index in [0.717, 1.165) is 5.56 Å². The lowest BCUT2D eigenvalue weighted by Gasteiger charge is -2.20. The molecule has 1 heterocycles. The highest BCUT2D eigenvalue weighted by molar-refractivity contribution is 5.48. The summed E-state index contributed by atoms with van der Waals surface area (Å²) in [5.74, 6) is 0.701. The Kier molecular flexibility index (Phi) is 5.08. The lowest BCUT2D eigenvalue weighted by atomic mass is 10.2. The molecule has 0 N–H and O–H groups in total. The number of nitrogens with zero attached hydrogens (tertiary/aromatic N) is 3. The summed E-state index contributed by atoms with van der Waals surface area (Å²) in [6.45, 7) is 0.881. The second kappa shape index (κ2) is 7.25. The van der Waals surface area contributed by atoms with Crippen LogP contribution in [0.3, 0.4) is 0 Å². The maximum atomic E-state index is 10.3. The molecule has 0 aliphatic carbocycles. The fraction of sp³-hybridized carbons (Fsp3) is 0.200. The number of hydrogen-bond acceptors (Lipinski definition) is 5. The average Bonchev–Trinajstić information content (AvgIpc) is 2.81. The van der Waals surface area contributed by atoms with Crippen molar-refractivity contribution in [3.63, 3.8) is 0 Å². The number of nitroso groups, excluding NO2 is 1. The standard InChI is InChI=1S/C15H17N3O2/c1-17-9-10-18(15(17)12-16-19)13-20-11-5-8-14-6-3-2-4-7-14/h2-10,12H,11,13H2,1H3/b8-5+,15-12+. The van der Waals surface area contributed by atoms with Gasteiger partial charge in [-0.3, -0.25) is 0 Å². The van der Waals surface area contributed by atoms with Crippen LogP contribution in [-0.2, 0) is 4.74 Å². The van der Waals surface area contributed by atoms with Crippen molar-refractivity contribution in [1.29, 1.82) is 0 Å². The van der Waals surface area contributed by atoms with Crippen LogP contribution in [0.5, 0.6) is 0 Å². The fourth-order valence-electron chi connectivity index (χ4n) is 1.82. The molecule has 1 aliphatic rings. The minimum Gasteiger partial charge on any atom is -0.357 e. The van der Waals surface area contributed by atoms with Crippen LogP contribution in [0.25, 0.3) is 6.08 Å². The molecule has 1 aliphatic heterocycles. The second-order valence-corrected chi connectivity index (χ2v) is 4.28. The van der Waals surface area contributed by atoms with Gasteiger partial charge in [-0.15, -0.1) is 4.91 Å². The van der Waals surface area contributed by atoms with E-state index >= 15 is 0 Å².